The van der Waals surface area contributed by atoms with Gasteiger partial charge in [0.05, 0.1) is 23.5 Å². The van der Waals surface area contributed by atoms with E-state index in [1.165, 1.54) is 49.4 Å². The maximum Gasteiger partial charge on any atom is 0.434 e. The fourth-order valence-corrected chi connectivity index (χ4v) is 2.95. The minimum atomic E-state index is -4.85. The molecule has 146 valence electrons. The van der Waals surface area contributed by atoms with Crippen molar-refractivity contribution in [3.8, 4) is 5.69 Å². The number of carbonyl (C=O) groups is 1. The Morgan fingerprint density at radius 1 is 1.18 bits per heavy atom. The molecule has 3 rings (SSSR count). The molecule has 0 spiro atoms. The van der Waals surface area contributed by atoms with Gasteiger partial charge in [-0.05, 0) is 31.2 Å². The summed E-state index contributed by atoms with van der Waals surface area (Å²) in [6, 6.07) is 10.5. The number of carbonyl (C=O) groups excluding carboxylic acids is 1. The number of benzene rings is 2. The quantitative estimate of drug-likeness (QED) is 0.602. The van der Waals surface area contributed by atoms with Crippen molar-refractivity contribution in [3.63, 3.8) is 0 Å². The molecule has 1 heterocycles. The van der Waals surface area contributed by atoms with E-state index < -0.39 is 35.2 Å². The van der Waals surface area contributed by atoms with Crippen LogP contribution in [-0.4, -0.2) is 15.7 Å². The van der Waals surface area contributed by atoms with Crippen LogP contribution in [0.1, 0.15) is 34.6 Å². The molecule has 0 radical (unpaired) electrons. The number of aromatic nitrogens is 2. The number of amides is 1. The van der Waals surface area contributed by atoms with Crippen LogP contribution in [0.5, 0.6) is 0 Å². The summed E-state index contributed by atoms with van der Waals surface area (Å²) in [5.41, 5.74) is -1.70. The van der Waals surface area contributed by atoms with Crippen molar-refractivity contribution in [2.24, 2.45) is 0 Å². The normalized spacial score (nSPS) is 12.6. The van der Waals surface area contributed by atoms with E-state index in [-0.39, 0.29) is 16.3 Å². The second kappa shape index (κ2) is 7.63. The molecular weight excluding hydrogens is 398 g/mol. The van der Waals surface area contributed by atoms with Gasteiger partial charge in [0.1, 0.15) is 5.82 Å². The summed E-state index contributed by atoms with van der Waals surface area (Å²) in [5.74, 6) is -1.59. The van der Waals surface area contributed by atoms with E-state index in [1.807, 2.05) is 0 Å². The third-order valence-corrected chi connectivity index (χ3v) is 4.29. The zero-order chi connectivity index (χ0) is 20.5. The van der Waals surface area contributed by atoms with Gasteiger partial charge in [-0.2, -0.15) is 18.3 Å². The summed E-state index contributed by atoms with van der Waals surface area (Å²) in [7, 11) is 0. The van der Waals surface area contributed by atoms with Gasteiger partial charge in [0.2, 0.25) is 0 Å². The number of hydrogen-bond donors (Lipinski definition) is 1. The molecule has 1 unspecified atom stereocenters. The molecule has 2 aromatic carbocycles. The molecule has 1 amide bonds. The van der Waals surface area contributed by atoms with Gasteiger partial charge in [0.25, 0.3) is 5.91 Å². The highest BCUT2D eigenvalue weighted by molar-refractivity contribution is 6.30. The number of alkyl halides is 3. The minimum Gasteiger partial charge on any atom is -0.345 e. The maximum absolute atomic E-state index is 13.9. The number of halogens is 5. The summed E-state index contributed by atoms with van der Waals surface area (Å²) >= 11 is 5.85. The second-order valence-electron chi connectivity index (χ2n) is 6.01. The van der Waals surface area contributed by atoms with Crippen molar-refractivity contribution in [1.29, 1.82) is 0 Å². The summed E-state index contributed by atoms with van der Waals surface area (Å²) in [4.78, 5) is 12.5. The number of rotatable bonds is 4. The van der Waals surface area contributed by atoms with E-state index >= 15 is 0 Å². The Hall–Kier alpha value is -2.87. The van der Waals surface area contributed by atoms with E-state index in [0.717, 1.165) is 6.20 Å². The molecular formula is C19H14ClF4N3O. The van der Waals surface area contributed by atoms with Gasteiger partial charge in [-0.15, -0.1) is 0 Å². The minimum absolute atomic E-state index is 0.0565. The number of hydrogen-bond acceptors (Lipinski definition) is 2. The van der Waals surface area contributed by atoms with Gasteiger partial charge in [-0.3, -0.25) is 4.79 Å². The highest BCUT2D eigenvalue weighted by Gasteiger charge is 2.40. The highest BCUT2D eigenvalue weighted by atomic mass is 35.5. The summed E-state index contributed by atoms with van der Waals surface area (Å²) in [6.45, 7) is 1.48. The van der Waals surface area contributed by atoms with Crippen LogP contribution in [0.3, 0.4) is 0 Å². The molecule has 0 aliphatic rings. The third kappa shape index (κ3) is 4.01. The van der Waals surface area contributed by atoms with Gasteiger partial charge < -0.3 is 5.32 Å². The third-order valence-electron chi connectivity index (χ3n) is 4.05. The number of nitrogens with one attached hydrogen (secondary N) is 1. The maximum atomic E-state index is 13.9. The first-order valence-corrected chi connectivity index (χ1v) is 8.52. The average Bonchev–Trinajstić information content (AvgIpc) is 3.07. The van der Waals surface area contributed by atoms with E-state index in [2.05, 4.69) is 10.4 Å². The van der Waals surface area contributed by atoms with Gasteiger partial charge in [0.15, 0.2) is 5.69 Å². The van der Waals surface area contributed by atoms with Crippen LogP contribution in [-0.2, 0) is 6.18 Å². The summed E-state index contributed by atoms with van der Waals surface area (Å²) in [6.07, 6.45) is -4.03. The largest absolute Gasteiger partial charge is 0.434 e. The lowest BCUT2D eigenvalue weighted by Crippen LogP contribution is -2.29. The molecule has 0 aliphatic heterocycles. The van der Waals surface area contributed by atoms with Crippen molar-refractivity contribution >= 4 is 17.5 Å². The lowest BCUT2D eigenvalue weighted by atomic mass is 10.1. The highest BCUT2D eigenvalue weighted by Crippen LogP contribution is 2.34. The molecule has 0 saturated heterocycles. The average molecular weight is 412 g/mol. The van der Waals surface area contributed by atoms with E-state index in [9.17, 15) is 22.4 Å². The van der Waals surface area contributed by atoms with Gasteiger partial charge >= 0.3 is 6.18 Å². The van der Waals surface area contributed by atoms with Crippen molar-refractivity contribution in [2.45, 2.75) is 19.1 Å². The van der Waals surface area contributed by atoms with Crippen LogP contribution in [0.2, 0.25) is 5.02 Å². The van der Waals surface area contributed by atoms with Crippen LogP contribution < -0.4 is 5.32 Å². The van der Waals surface area contributed by atoms with Crippen molar-refractivity contribution in [1.82, 2.24) is 15.1 Å². The molecule has 4 nitrogen and oxygen atoms in total. The summed E-state index contributed by atoms with van der Waals surface area (Å²) < 4.78 is 55.5. The fourth-order valence-electron chi connectivity index (χ4n) is 2.77. The van der Waals surface area contributed by atoms with Crippen molar-refractivity contribution in [3.05, 3.63) is 82.4 Å². The van der Waals surface area contributed by atoms with Crippen LogP contribution >= 0.6 is 11.6 Å². The Morgan fingerprint density at radius 3 is 2.54 bits per heavy atom. The lowest BCUT2D eigenvalue weighted by Gasteiger charge is -2.16. The fraction of sp³-hybridized carbons (Fsp3) is 0.158. The lowest BCUT2D eigenvalue weighted by molar-refractivity contribution is -0.143. The molecule has 3 aromatic rings. The standard InChI is InChI=1S/C19H14ClF4N3O/c1-11(14-7-2-3-8-16(14)21)26-18(28)15-10-25-27(17(15)19(22,23)24)13-6-4-5-12(20)9-13/h2-11H,1H3,(H,26,28). The zero-order valence-corrected chi connectivity index (χ0v) is 15.2. The van der Waals surface area contributed by atoms with E-state index in [1.54, 1.807) is 6.07 Å². The van der Waals surface area contributed by atoms with Crippen LogP contribution in [0.25, 0.3) is 5.69 Å². The summed E-state index contributed by atoms with van der Waals surface area (Å²) in [5, 5.41) is 6.32. The molecule has 28 heavy (non-hydrogen) atoms. The Labute approximate surface area is 162 Å². The molecule has 0 saturated carbocycles. The van der Waals surface area contributed by atoms with Crippen LogP contribution in [0, 0.1) is 5.82 Å². The Morgan fingerprint density at radius 2 is 1.89 bits per heavy atom. The Balaban J connectivity index is 1.98. The number of nitrogens with zero attached hydrogens (tertiary/aromatic N) is 2. The second-order valence-corrected chi connectivity index (χ2v) is 6.45. The van der Waals surface area contributed by atoms with Crippen LogP contribution in [0.4, 0.5) is 17.6 Å². The SMILES string of the molecule is CC(NC(=O)c1cnn(-c2cccc(Cl)c2)c1C(F)(F)F)c1ccccc1F. The monoisotopic (exact) mass is 411 g/mol. The predicted molar refractivity (Wildman–Crippen MR) is 95.9 cm³/mol. The van der Waals surface area contributed by atoms with Crippen molar-refractivity contribution in [2.75, 3.05) is 0 Å². The molecule has 0 aliphatic carbocycles. The van der Waals surface area contributed by atoms with Gasteiger partial charge in [0, 0.05) is 10.6 Å². The van der Waals surface area contributed by atoms with E-state index in [4.69, 9.17) is 11.6 Å². The first-order chi connectivity index (χ1) is 13.2. The van der Waals surface area contributed by atoms with Crippen molar-refractivity contribution < 1.29 is 22.4 Å². The topological polar surface area (TPSA) is 46.9 Å². The molecule has 9 heteroatoms. The Bertz CT molecular complexity index is 1020. The van der Waals surface area contributed by atoms with E-state index in [0.29, 0.717) is 4.68 Å². The van der Waals surface area contributed by atoms with Gasteiger partial charge in [-0.25, -0.2) is 9.07 Å². The zero-order valence-electron chi connectivity index (χ0n) is 14.5. The first kappa shape index (κ1) is 19.9. The molecule has 1 N–H and O–H groups in total. The smallest absolute Gasteiger partial charge is 0.345 e. The molecule has 1 atom stereocenters. The Kier molecular flexibility index (Phi) is 5.42. The van der Waals surface area contributed by atoms with Crippen LogP contribution in [0.15, 0.2) is 54.7 Å². The predicted octanol–water partition coefficient (Wildman–Crippen LogP) is 5.17. The molecule has 0 bridgehead atoms. The first-order valence-electron chi connectivity index (χ1n) is 8.15. The van der Waals surface area contributed by atoms with Gasteiger partial charge in [-0.1, -0.05) is 35.9 Å². The molecule has 0 fully saturated rings. The molecule has 1 aromatic heterocycles.